The lowest BCUT2D eigenvalue weighted by molar-refractivity contribution is 0.211. The molecule has 2 nitrogen and oxygen atoms in total. The van der Waals surface area contributed by atoms with Crippen LogP contribution in [0.2, 0.25) is 0 Å². The van der Waals surface area contributed by atoms with Crippen molar-refractivity contribution in [1.29, 1.82) is 0 Å². The topological polar surface area (TPSA) is 29.1 Å². The Morgan fingerprint density at radius 2 is 1.90 bits per heavy atom. The molecule has 2 aliphatic carbocycles. The molecule has 118 valence electrons. The Labute approximate surface area is 127 Å². The van der Waals surface area contributed by atoms with Crippen molar-refractivity contribution >= 4 is 10.8 Å². The first-order chi connectivity index (χ1) is 9.52. The summed E-state index contributed by atoms with van der Waals surface area (Å²) in [6.07, 6.45) is 10.1. The van der Waals surface area contributed by atoms with E-state index in [-0.39, 0.29) is 0 Å². The Morgan fingerprint density at radius 1 is 1.20 bits per heavy atom. The van der Waals surface area contributed by atoms with Crippen molar-refractivity contribution in [3.8, 4) is 0 Å². The second-order valence-electron chi connectivity index (χ2n) is 7.70. The minimum Gasteiger partial charge on any atom is -0.313 e. The quantitative estimate of drug-likeness (QED) is 0.806. The summed E-state index contributed by atoms with van der Waals surface area (Å²) in [7, 11) is -0.639. The summed E-state index contributed by atoms with van der Waals surface area (Å²) in [6.45, 7) is 7.98. The smallest absolute Gasteiger partial charge is 0.0506 e. The molecule has 20 heavy (non-hydrogen) atoms. The Hall–Kier alpha value is 0.110. The summed E-state index contributed by atoms with van der Waals surface area (Å²) in [5, 5.41) is 4.05. The second kappa shape index (κ2) is 7.40. The van der Waals surface area contributed by atoms with E-state index in [0.29, 0.717) is 16.7 Å². The largest absolute Gasteiger partial charge is 0.313 e. The minimum atomic E-state index is -0.639. The van der Waals surface area contributed by atoms with Gasteiger partial charge >= 0.3 is 0 Å². The molecule has 0 spiro atoms. The van der Waals surface area contributed by atoms with Crippen LogP contribution in [0, 0.1) is 11.3 Å². The van der Waals surface area contributed by atoms with Crippen LogP contribution in [0.15, 0.2) is 0 Å². The van der Waals surface area contributed by atoms with Crippen molar-refractivity contribution in [2.75, 3.05) is 12.3 Å². The van der Waals surface area contributed by atoms with Crippen LogP contribution in [0.4, 0.5) is 0 Å². The molecule has 0 aliphatic heterocycles. The van der Waals surface area contributed by atoms with Gasteiger partial charge in [0.1, 0.15) is 0 Å². The first kappa shape index (κ1) is 16.5. The van der Waals surface area contributed by atoms with E-state index in [1.54, 1.807) is 0 Å². The summed E-state index contributed by atoms with van der Waals surface area (Å²) in [5.74, 6) is 1.71. The maximum absolute atomic E-state index is 12.9. The van der Waals surface area contributed by atoms with E-state index < -0.39 is 10.8 Å². The van der Waals surface area contributed by atoms with E-state index in [1.807, 2.05) is 0 Å². The van der Waals surface area contributed by atoms with Crippen LogP contribution in [0.3, 0.4) is 0 Å². The van der Waals surface area contributed by atoms with Gasteiger partial charge in [0.05, 0.1) is 5.25 Å². The molecule has 0 aromatic rings. The molecule has 2 rings (SSSR count). The van der Waals surface area contributed by atoms with Gasteiger partial charge in [-0.2, -0.15) is 0 Å². The van der Waals surface area contributed by atoms with Crippen LogP contribution in [0.25, 0.3) is 0 Å². The maximum atomic E-state index is 12.9. The maximum Gasteiger partial charge on any atom is 0.0506 e. The van der Waals surface area contributed by atoms with E-state index in [0.717, 1.165) is 24.6 Å². The molecule has 2 aliphatic rings. The van der Waals surface area contributed by atoms with Crippen LogP contribution < -0.4 is 5.32 Å². The van der Waals surface area contributed by atoms with Crippen LogP contribution in [0.5, 0.6) is 0 Å². The Bertz CT molecular complexity index is 323. The Morgan fingerprint density at radius 3 is 2.55 bits per heavy atom. The fourth-order valence-corrected chi connectivity index (χ4v) is 6.17. The highest BCUT2D eigenvalue weighted by molar-refractivity contribution is 7.85. The van der Waals surface area contributed by atoms with Gasteiger partial charge in [-0.1, -0.05) is 33.6 Å². The standard InChI is InChI=1S/C17H33NOS/c1-4-11-18-15-9-10-17(2,3)12-16(15)20(19)13-14-7-5-6-8-14/h14-16,18H,4-13H2,1-3H3. The van der Waals surface area contributed by atoms with Crippen LogP contribution in [0.1, 0.15) is 72.1 Å². The molecule has 0 amide bonds. The minimum absolute atomic E-state index is 0.375. The third-order valence-electron chi connectivity index (χ3n) is 5.20. The first-order valence-electron chi connectivity index (χ1n) is 8.62. The first-order valence-corrected chi connectivity index (χ1v) is 10.0. The third kappa shape index (κ3) is 4.56. The zero-order valence-electron chi connectivity index (χ0n) is 13.6. The predicted molar refractivity (Wildman–Crippen MR) is 88.5 cm³/mol. The van der Waals surface area contributed by atoms with Crippen molar-refractivity contribution in [3.63, 3.8) is 0 Å². The highest BCUT2D eigenvalue weighted by Gasteiger charge is 2.38. The number of hydrogen-bond donors (Lipinski definition) is 1. The van der Waals surface area contributed by atoms with Gasteiger partial charge in [-0.05, 0) is 56.4 Å². The second-order valence-corrected chi connectivity index (χ2v) is 9.40. The summed E-state index contributed by atoms with van der Waals surface area (Å²) in [5.41, 5.74) is 0.375. The lowest BCUT2D eigenvalue weighted by atomic mass is 9.75. The van der Waals surface area contributed by atoms with Crippen molar-refractivity contribution in [3.05, 3.63) is 0 Å². The molecule has 0 radical (unpaired) electrons. The fraction of sp³-hybridized carbons (Fsp3) is 1.00. The van der Waals surface area contributed by atoms with Gasteiger partial charge in [0.2, 0.25) is 0 Å². The van der Waals surface area contributed by atoms with E-state index in [1.165, 1.54) is 44.9 Å². The molecule has 0 aromatic carbocycles. The fourth-order valence-electron chi connectivity index (χ4n) is 3.89. The third-order valence-corrected chi connectivity index (χ3v) is 7.17. The van der Waals surface area contributed by atoms with Crippen molar-refractivity contribution in [2.45, 2.75) is 83.4 Å². The van der Waals surface area contributed by atoms with Gasteiger partial charge in [0, 0.05) is 22.6 Å². The molecule has 3 atom stereocenters. The van der Waals surface area contributed by atoms with Gasteiger partial charge in [-0.25, -0.2) is 0 Å². The normalized spacial score (nSPS) is 32.4. The highest BCUT2D eigenvalue weighted by atomic mass is 32.2. The Balaban J connectivity index is 1.95. The van der Waals surface area contributed by atoms with Gasteiger partial charge < -0.3 is 5.32 Å². The van der Waals surface area contributed by atoms with Gasteiger partial charge in [-0.3, -0.25) is 4.21 Å². The molecule has 3 heteroatoms. The van der Waals surface area contributed by atoms with Crippen LogP contribution >= 0.6 is 0 Å². The molecule has 2 fully saturated rings. The summed E-state index contributed by atoms with van der Waals surface area (Å²) in [4.78, 5) is 0. The van der Waals surface area contributed by atoms with Crippen molar-refractivity contribution < 1.29 is 4.21 Å². The van der Waals surface area contributed by atoms with Crippen molar-refractivity contribution in [2.24, 2.45) is 11.3 Å². The monoisotopic (exact) mass is 299 g/mol. The molecule has 0 aromatic heterocycles. The van der Waals surface area contributed by atoms with Crippen molar-refractivity contribution in [1.82, 2.24) is 5.32 Å². The molecule has 0 heterocycles. The van der Waals surface area contributed by atoms with E-state index in [2.05, 4.69) is 26.1 Å². The van der Waals surface area contributed by atoms with Gasteiger partial charge in [0.15, 0.2) is 0 Å². The van der Waals surface area contributed by atoms with Crippen LogP contribution in [-0.4, -0.2) is 27.8 Å². The van der Waals surface area contributed by atoms with E-state index in [9.17, 15) is 4.21 Å². The zero-order valence-corrected chi connectivity index (χ0v) is 14.4. The molecule has 3 unspecified atom stereocenters. The average Bonchev–Trinajstić information content (AvgIpc) is 2.89. The number of nitrogens with one attached hydrogen (secondary N) is 1. The molecule has 0 saturated heterocycles. The predicted octanol–water partition coefficient (Wildman–Crippen LogP) is 3.87. The summed E-state index contributed by atoms with van der Waals surface area (Å²) < 4.78 is 12.9. The van der Waals surface area contributed by atoms with Crippen LogP contribution in [-0.2, 0) is 10.8 Å². The highest BCUT2D eigenvalue weighted by Crippen LogP contribution is 2.38. The Kier molecular flexibility index (Phi) is 6.09. The molecule has 1 N–H and O–H groups in total. The molecular formula is C17H33NOS. The number of rotatable bonds is 6. The lowest BCUT2D eigenvalue weighted by Gasteiger charge is -2.41. The van der Waals surface area contributed by atoms with E-state index in [4.69, 9.17) is 0 Å². The average molecular weight is 300 g/mol. The SMILES string of the molecule is CCCNC1CCC(C)(C)CC1S(=O)CC1CCCC1. The summed E-state index contributed by atoms with van der Waals surface area (Å²) >= 11 is 0. The lowest BCUT2D eigenvalue weighted by Crippen LogP contribution is -2.49. The molecule has 2 saturated carbocycles. The number of hydrogen-bond acceptors (Lipinski definition) is 2. The molecular weight excluding hydrogens is 266 g/mol. The van der Waals surface area contributed by atoms with Gasteiger partial charge in [-0.15, -0.1) is 0 Å². The zero-order chi connectivity index (χ0) is 14.6. The summed E-state index contributed by atoms with van der Waals surface area (Å²) in [6, 6.07) is 0.491. The molecule has 0 bridgehead atoms. The van der Waals surface area contributed by atoms with Gasteiger partial charge in [0.25, 0.3) is 0 Å². The van der Waals surface area contributed by atoms with E-state index >= 15 is 0 Å².